The van der Waals surface area contributed by atoms with E-state index in [2.05, 4.69) is 9.47 Å². The number of fused-ring (bicyclic) bond motifs is 1. The number of ether oxygens (including phenoxy) is 2. The van der Waals surface area contributed by atoms with E-state index in [-0.39, 0.29) is 16.6 Å². The van der Waals surface area contributed by atoms with Gasteiger partial charge in [-0.15, -0.1) is 0 Å². The van der Waals surface area contributed by atoms with Crippen LogP contribution in [0.2, 0.25) is 16.6 Å². The van der Waals surface area contributed by atoms with E-state index in [0.29, 0.717) is 0 Å². The van der Waals surface area contributed by atoms with Crippen LogP contribution in [0.5, 0.6) is 0 Å². The smallest absolute Gasteiger partial charge is 0.434 e. The molecule has 258 valence electrons. The molecule has 18 heteroatoms. The van der Waals surface area contributed by atoms with Gasteiger partial charge in [-0.05, 0) is 47.7 Å². The van der Waals surface area contributed by atoms with Gasteiger partial charge < -0.3 is 13.9 Å². The fraction of sp³-hybridized carbons (Fsp3) is 0.923. The largest absolute Gasteiger partial charge is 0.443 e. The molecule has 2 aliphatic carbocycles. The number of halogens is 12. The number of alkyl halides is 12. The van der Waals surface area contributed by atoms with Crippen molar-refractivity contribution in [1.82, 2.24) is 0 Å². The minimum Gasteiger partial charge on any atom is -0.443 e. The van der Waals surface area contributed by atoms with Crippen molar-refractivity contribution in [2.24, 2.45) is 17.3 Å². The lowest BCUT2D eigenvalue weighted by molar-refractivity contribution is -0.321. The predicted molar refractivity (Wildman–Crippen MR) is 132 cm³/mol. The maximum atomic E-state index is 13.2. The zero-order valence-corrected chi connectivity index (χ0v) is 25.9. The molecule has 0 spiro atoms. The van der Waals surface area contributed by atoms with Crippen molar-refractivity contribution < 1.29 is 76.2 Å². The summed E-state index contributed by atoms with van der Waals surface area (Å²) in [6.07, 6.45) is -34.8. The second kappa shape index (κ2) is 12.1. The highest BCUT2D eigenvalue weighted by atomic mass is 28.4. The van der Waals surface area contributed by atoms with Crippen molar-refractivity contribution in [3.05, 3.63) is 0 Å². The van der Waals surface area contributed by atoms with Crippen molar-refractivity contribution in [2.75, 3.05) is 0 Å². The monoisotopic (exact) mass is 684 g/mol. The van der Waals surface area contributed by atoms with E-state index >= 15 is 0 Å². The summed E-state index contributed by atoms with van der Waals surface area (Å²) in [4.78, 5) is 25.7. The van der Waals surface area contributed by atoms with Gasteiger partial charge in [0.15, 0.2) is 0 Å². The third-order valence-electron chi connectivity index (χ3n) is 9.14. The Labute approximate surface area is 247 Å². The second-order valence-electron chi connectivity index (χ2n) is 12.9. The first-order valence-electron chi connectivity index (χ1n) is 13.9. The van der Waals surface area contributed by atoms with Crippen LogP contribution >= 0.6 is 0 Å². The summed E-state index contributed by atoms with van der Waals surface area (Å²) in [6.45, 7) is 12.2. The van der Waals surface area contributed by atoms with Crippen LogP contribution in [-0.2, 0) is 23.5 Å². The first kappa shape index (κ1) is 38.5. The molecule has 4 atom stereocenters. The highest BCUT2D eigenvalue weighted by Crippen LogP contribution is 2.67. The van der Waals surface area contributed by atoms with Gasteiger partial charge in [-0.1, -0.05) is 48.5 Å². The van der Waals surface area contributed by atoms with Gasteiger partial charge in [-0.25, -0.2) is 0 Å². The third-order valence-corrected chi connectivity index (χ3v) is 15.3. The molecule has 0 amide bonds. The molecule has 2 rings (SSSR count). The molecule has 0 N–H and O–H groups in total. The average Bonchev–Trinajstić information content (AvgIpc) is 2.79. The summed E-state index contributed by atoms with van der Waals surface area (Å²) < 4.78 is 172. The summed E-state index contributed by atoms with van der Waals surface area (Å²) in [6, 6.07) is 0. The van der Waals surface area contributed by atoms with Gasteiger partial charge in [0, 0.05) is 0 Å². The van der Waals surface area contributed by atoms with Gasteiger partial charge >= 0.3 is 36.6 Å². The topological polar surface area (TPSA) is 61.8 Å². The maximum absolute atomic E-state index is 13.2. The summed E-state index contributed by atoms with van der Waals surface area (Å²) in [7, 11) is -3.12. The Balaban J connectivity index is 2.56. The van der Waals surface area contributed by atoms with Gasteiger partial charge in [-0.3, -0.25) is 9.59 Å². The van der Waals surface area contributed by atoms with E-state index in [1.165, 1.54) is 6.92 Å². The zero-order chi connectivity index (χ0) is 34.6. The van der Waals surface area contributed by atoms with E-state index in [1.807, 2.05) is 0 Å². The molecule has 0 aromatic rings. The Kier molecular flexibility index (Phi) is 10.6. The molecule has 2 fully saturated rings. The van der Waals surface area contributed by atoms with Gasteiger partial charge in [-0.2, -0.15) is 52.7 Å². The Morgan fingerprint density at radius 2 is 1.02 bits per heavy atom. The maximum Gasteiger partial charge on any atom is 0.434 e. The number of esters is 2. The van der Waals surface area contributed by atoms with Crippen LogP contribution in [-0.4, -0.2) is 62.8 Å². The van der Waals surface area contributed by atoms with Crippen LogP contribution in [0.25, 0.3) is 0 Å². The Hall–Kier alpha value is -1.72. The first-order chi connectivity index (χ1) is 19.5. The highest BCUT2D eigenvalue weighted by Gasteiger charge is 2.73. The highest BCUT2D eigenvalue weighted by molar-refractivity contribution is 6.77. The molecule has 0 aromatic carbocycles. The molecule has 0 aromatic heterocycles. The molecular formula is C26H36F12O5Si. The van der Waals surface area contributed by atoms with Crippen LogP contribution in [0.1, 0.15) is 74.1 Å². The lowest BCUT2D eigenvalue weighted by atomic mass is 9.44. The Bertz CT molecular complexity index is 1000. The van der Waals surface area contributed by atoms with Crippen LogP contribution in [0, 0.1) is 17.3 Å². The molecule has 0 unspecified atom stereocenters. The van der Waals surface area contributed by atoms with E-state index in [0.717, 1.165) is 0 Å². The number of hydrogen-bond donors (Lipinski definition) is 0. The minimum atomic E-state index is -6.00. The molecular weight excluding hydrogens is 648 g/mol. The second-order valence-corrected chi connectivity index (χ2v) is 18.2. The van der Waals surface area contributed by atoms with Gasteiger partial charge in [0.25, 0.3) is 12.2 Å². The molecule has 5 nitrogen and oxygen atoms in total. The number of hydrogen-bond acceptors (Lipinski definition) is 5. The van der Waals surface area contributed by atoms with Crippen molar-refractivity contribution in [1.29, 1.82) is 0 Å². The quantitative estimate of drug-likeness (QED) is 0.138. The minimum absolute atomic E-state index is 0.224. The zero-order valence-electron chi connectivity index (χ0n) is 24.9. The van der Waals surface area contributed by atoms with Crippen LogP contribution < -0.4 is 0 Å². The SMILES string of the molecule is CC(C)[Si](O[C@@]12CC[C@@H](C(=O)OC(C(F)(F)F)C(F)(F)F)C[C@]1(C)C[C@@H]2C(=O)OC(C(F)(F)F)C(F)(F)F)(C(C)C)C(C)C. The summed E-state index contributed by atoms with van der Waals surface area (Å²) >= 11 is 0. The summed E-state index contributed by atoms with van der Waals surface area (Å²) in [5.41, 5.74) is -3.93. The molecule has 44 heavy (non-hydrogen) atoms. The number of carbonyl (C=O) groups excluding carboxylic acids is 2. The normalized spacial score (nSPS) is 27.2. The molecule has 0 bridgehead atoms. The molecule has 2 aliphatic rings. The first-order valence-corrected chi connectivity index (χ1v) is 16.0. The Morgan fingerprint density at radius 3 is 1.34 bits per heavy atom. The number of rotatable bonds is 9. The van der Waals surface area contributed by atoms with E-state index < -0.39 is 106 Å². The standard InChI is InChI=1S/C26H36F12O5Si/c1-12(2)44(13(3)4,14(5)6)43-22-9-8-15(17(39)41-19(23(27,28)29)24(30,31)32)10-21(22,7)11-16(22)18(40)42-20(25(33,34)35)26(36,37)38/h12-16,19-20H,8-11H2,1-7H3/t15-,16-,21-,22-/m1/s1. The van der Waals surface area contributed by atoms with Crippen molar-refractivity contribution >= 4 is 20.3 Å². The van der Waals surface area contributed by atoms with E-state index in [9.17, 15) is 62.3 Å². The Morgan fingerprint density at radius 1 is 0.659 bits per heavy atom. The summed E-state index contributed by atoms with van der Waals surface area (Å²) in [5.74, 6) is -6.96. The van der Waals surface area contributed by atoms with Gasteiger partial charge in [0.05, 0.1) is 17.4 Å². The molecule has 0 saturated heterocycles. The predicted octanol–water partition coefficient (Wildman–Crippen LogP) is 8.82. The fourth-order valence-corrected chi connectivity index (χ4v) is 13.1. The van der Waals surface area contributed by atoms with Crippen LogP contribution in [0.15, 0.2) is 0 Å². The third kappa shape index (κ3) is 7.14. The molecule has 0 aliphatic heterocycles. The van der Waals surface area contributed by atoms with Crippen LogP contribution in [0.3, 0.4) is 0 Å². The number of carbonyl (C=O) groups is 2. The average molecular weight is 685 g/mol. The lowest BCUT2D eigenvalue weighted by Crippen LogP contribution is -2.73. The van der Waals surface area contributed by atoms with Crippen LogP contribution in [0.4, 0.5) is 52.7 Å². The van der Waals surface area contributed by atoms with Crippen molar-refractivity contribution in [3.63, 3.8) is 0 Å². The van der Waals surface area contributed by atoms with E-state index in [1.54, 1.807) is 41.5 Å². The molecule has 0 radical (unpaired) electrons. The lowest BCUT2D eigenvalue weighted by Gasteiger charge is -2.68. The summed E-state index contributed by atoms with van der Waals surface area (Å²) in [5, 5.41) is 0. The molecule has 0 heterocycles. The van der Waals surface area contributed by atoms with Gasteiger partial charge in [0.2, 0.25) is 8.32 Å². The molecule has 2 saturated carbocycles. The van der Waals surface area contributed by atoms with Crippen molar-refractivity contribution in [3.8, 4) is 0 Å². The fourth-order valence-electron chi connectivity index (χ4n) is 7.28. The van der Waals surface area contributed by atoms with Gasteiger partial charge in [0.1, 0.15) is 0 Å². The van der Waals surface area contributed by atoms with E-state index in [4.69, 9.17) is 4.43 Å². The van der Waals surface area contributed by atoms with Crippen molar-refractivity contribution in [2.45, 2.75) is 133 Å².